The van der Waals surface area contributed by atoms with Crippen LogP contribution in [0.5, 0.6) is 0 Å². The van der Waals surface area contributed by atoms with Crippen LogP contribution in [0.1, 0.15) is 208 Å². The van der Waals surface area contributed by atoms with Crippen molar-refractivity contribution >= 4 is 87.2 Å². The van der Waals surface area contributed by atoms with Gasteiger partial charge in [0.1, 0.15) is 11.6 Å². The summed E-state index contributed by atoms with van der Waals surface area (Å²) in [5.41, 5.74) is 26.6. The Kier molecular flexibility index (Phi) is 15.4. The molecule has 96 heavy (non-hydrogen) atoms. The monoisotopic (exact) mass is 1250 g/mol. The zero-order valence-electron chi connectivity index (χ0n) is 58.8. The number of benzene rings is 10. The van der Waals surface area contributed by atoms with Gasteiger partial charge < -0.3 is 18.3 Å². The largest absolute Gasteiger partial charge is 0.306 e. The minimum atomic E-state index is 0.282. The topological polar surface area (TPSA) is 56.4 Å². The van der Waals surface area contributed by atoms with Crippen LogP contribution in [0.4, 0.5) is 0 Å². The third kappa shape index (κ3) is 9.89. The summed E-state index contributed by atoms with van der Waals surface area (Å²) in [4.78, 5) is 4.93. The summed E-state index contributed by atoms with van der Waals surface area (Å²) < 4.78 is 10.2. The molecule has 0 N–H and O–H groups in total. The fraction of sp³-hybridized carbons (Fsp3) is 0.267. The van der Waals surface area contributed by atoms with Gasteiger partial charge in [0, 0.05) is 60.4 Å². The van der Waals surface area contributed by atoms with Gasteiger partial charge in [0.25, 0.3) is 0 Å². The quantitative estimate of drug-likeness (QED) is 0.109. The molecule has 0 radical (unpaired) electrons. The van der Waals surface area contributed by atoms with E-state index in [1.54, 1.807) is 0 Å². The Morgan fingerprint density at radius 2 is 0.500 bits per heavy atom. The first-order chi connectivity index (χ1) is 46.2. The molecule has 0 aliphatic rings. The van der Waals surface area contributed by atoms with E-state index in [0.29, 0.717) is 5.56 Å². The zero-order valence-corrected chi connectivity index (χ0v) is 58.8. The van der Waals surface area contributed by atoms with Crippen LogP contribution in [0.2, 0.25) is 0 Å². The van der Waals surface area contributed by atoms with Gasteiger partial charge in [-0.3, -0.25) is 4.98 Å². The molecule has 0 unspecified atom stereocenters. The molecule has 5 heterocycles. The lowest BCUT2D eigenvalue weighted by molar-refractivity contribution is 0.868. The van der Waals surface area contributed by atoms with E-state index in [0.717, 1.165) is 111 Å². The van der Waals surface area contributed by atoms with Gasteiger partial charge in [-0.05, 0) is 207 Å². The molecule has 0 amide bonds. The Labute approximate surface area is 566 Å². The fourth-order valence-electron chi connectivity index (χ4n) is 15.4. The van der Waals surface area contributed by atoms with Gasteiger partial charge in [0.05, 0.1) is 72.6 Å². The highest BCUT2D eigenvalue weighted by Crippen LogP contribution is 2.53. The number of fused-ring (bicyclic) bond motifs is 12. The van der Waals surface area contributed by atoms with Crippen molar-refractivity contribution in [2.24, 2.45) is 0 Å². The summed E-state index contributed by atoms with van der Waals surface area (Å²) in [5, 5.41) is 22.9. The van der Waals surface area contributed by atoms with Gasteiger partial charge in [0.15, 0.2) is 0 Å². The highest BCUT2D eigenvalue weighted by molar-refractivity contribution is 6.18. The number of nitrogens with zero attached hydrogens (tertiary/aromatic N) is 6. The van der Waals surface area contributed by atoms with Crippen LogP contribution in [0, 0.1) is 11.3 Å². The molecular formula is C90H88N6. The number of aromatic nitrogens is 5. The standard InChI is InChI=1S/C90H88N6/c1-50(2)60-24-32-78-68(41-60)69-42-61(51(3)4)25-33-79(69)93(78)87-76(49-91)88(94-80-34-26-62(52(5)6)43-70(80)71-44-63(53(7)8)27-35-81(71)94)90(96-84-38-30-66(56(13)14)47-74(84)75-48-67(57(15)16)31-39-85(75)96)86(59-22-20-58(21-23-59)77-19-17-18-40-92-77)89(87)95-82-36-28-64(54(9)10)45-72(82)73-46-65(55(11)12)29-37-83(73)95/h17-48,50-57H,1-16H3. The highest BCUT2D eigenvalue weighted by atomic mass is 15.1. The molecule has 6 nitrogen and oxygen atoms in total. The molecule has 0 aliphatic carbocycles. The molecule has 478 valence electrons. The first-order valence-electron chi connectivity index (χ1n) is 35.2. The molecule has 0 aliphatic heterocycles. The number of hydrogen-bond donors (Lipinski definition) is 0. The van der Waals surface area contributed by atoms with Crippen molar-refractivity contribution in [1.29, 1.82) is 5.26 Å². The Morgan fingerprint density at radius 3 is 0.708 bits per heavy atom. The van der Waals surface area contributed by atoms with Crippen molar-refractivity contribution in [3.8, 4) is 51.2 Å². The molecule has 0 bridgehead atoms. The molecule has 0 atom stereocenters. The van der Waals surface area contributed by atoms with Gasteiger partial charge in [0.2, 0.25) is 0 Å². The van der Waals surface area contributed by atoms with E-state index in [1.165, 1.54) is 66.1 Å². The number of nitriles is 1. The third-order valence-corrected chi connectivity index (χ3v) is 21.1. The second-order valence-corrected chi connectivity index (χ2v) is 29.8. The molecule has 5 aromatic heterocycles. The van der Waals surface area contributed by atoms with Crippen LogP contribution in [0.15, 0.2) is 194 Å². The normalized spacial score (nSPS) is 12.5. The van der Waals surface area contributed by atoms with Crippen LogP contribution in [-0.2, 0) is 0 Å². The van der Waals surface area contributed by atoms with E-state index >= 15 is 0 Å². The van der Waals surface area contributed by atoms with Gasteiger partial charge >= 0.3 is 0 Å². The van der Waals surface area contributed by atoms with E-state index < -0.39 is 0 Å². The summed E-state index contributed by atoms with van der Waals surface area (Å²) in [6, 6.07) is 75.7. The van der Waals surface area contributed by atoms with Crippen LogP contribution in [0.3, 0.4) is 0 Å². The maximum atomic E-state index is 13.6. The minimum absolute atomic E-state index is 0.282. The molecule has 0 fully saturated rings. The summed E-state index contributed by atoms with van der Waals surface area (Å²) in [5.74, 6) is 2.26. The van der Waals surface area contributed by atoms with Crippen molar-refractivity contribution in [2.75, 3.05) is 0 Å². The summed E-state index contributed by atoms with van der Waals surface area (Å²) in [6.45, 7) is 36.7. The Balaban J connectivity index is 1.30. The molecule has 0 saturated carbocycles. The van der Waals surface area contributed by atoms with Gasteiger partial charge in [-0.25, -0.2) is 0 Å². The van der Waals surface area contributed by atoms with Gasteiger partial charge in [-0.1, -0.05) is 190 Å². The average Bonchev–Trinajstić information content (AvgIpc) is 1.42. The predicted molar refractivity (Wildman–Crippen MR) is 410 cm³/mol. The van der Waals surface area contributed by atoms with Crippen molar-refractivity contribution in [3.05, 3.63) is 244 Å². The molecule has 15 aromatic rings. The second-order valence-electron chi connectivity index (χ2n) is 29.8. The van der Waals surface area contributed by atoms with E-state index in [2.05, 4.69) is 317 Å². The fourth-order valence-corrected chi connectivity index (χ4v) is 15.4. The zero-order chi connectivity index (χ0) is 67.0. The minimum Gasteiger partial charge on any atom is -0.306 e. The molecular weight excluding hydrogens is 1170 g/mol. The summed E-state index contributed by atoms with van der Waals surface area (Å²) in [6.07, 6.45) is 1.88. The SMILES string of the molecule is CC(C)c1ccc2c(c1)c1cc(C(C)C)ccc1n2-c1c(C#N)c(-n2c3ccc(C(C)C)cc3c3cc(C(C)C)ccc32)c(-n2c3ccc(C(C)C)cc3c3cc(C(C)C)ccc32)c(-c2ccc(-c3ccccn3)cc2)c1-n1c2ccc(C(C)C)cc2c2cc(C(C)C)ccc21. The lowest BCUT2D eigenvalue weighted by Gasteiger charge is -2.29. The Hall–Kier alpha value is -9.96. The lowest BCUT2D eigenvalue weighted by Crippen LogP contribution is -2.16. The molecule has 0 saturated heterocycles. The van der Waals surface area contributed by atoms with E-state index in [9.17, 15) is 5.26 Å². The first kappa shape index (κ1) is 62.2. The van der Waals surface area contributed by atoms with Crippen molar-refractivity contribution in [1.82, 2.24) is 23.3 Å². The lowest BCUT2D eigenvalue weighted by atomic mass is 9.92. The average molecular weight is 1250 g/mol. The smallest absolute Gasteiger partial charge is 0.104 e. The highest BCUT2D eigenvalue weighted by Gasteiger charge is 2.36. The van der Waals surface area contributed by atoms with Crippen molar-refractivity contribution in [3.63, 3.8) is 0 Å². The van der Waals surface area contributed by atoms with Gasteiger partial charge in [-0.2, -0.15) is 5.26 Å². The van der Waals surface area contributed by atoms with E-state index in [4.69, 9.17) is 4.98 Å². The third-order valence-electron chi connectivity index (χ3n) is 21.1. The Morgan fingerprint density at radius 1 is 0.271 bits per heavy atom. The van der Waals surface area contributed by atoms with Crippen LogP contribution in [0.25, 0.3) is 132 Å². The molecule has 0 spiro atoms. The molecule has 10 aromatic carbocycles. The number of hydrogen-bond acceptors (Lipinski definition) is 2. The van der Waals surface area contributed by atoms with Crippen LogP contribution >= 0.6 is 0 Å². The maximum Gasteiger partial charge on any atom is 0.104 e. The summed E-state index contributed by atoms with van der Waals surface area (Å²) in [7, 11) is 0. The Bertz CT molecular complexity index is 5100. The van der Waals surface area contributed by atoms with Crippen LogP contribution in [-0.4, -0.2) is 23.3 Å². The second kappa shape index (κ2) is 23.7. The molecule has 6 heteroatoms. The summed E-state index contributed by atoms with van der Waals surface area (Å²) >= 11 is 0. The number of pyridine rings is 1. The maximum absolute atomic E-state index is 13.6. The van der Waals surface area contributed by atoms with E-state index in [-0.39, 0.29) is 47.3 Å². The molecule has 15 rings (SSSR count). The van der Waals surface area contributed by atoms with Crippen LogP contribution < -0.4 is 0 Å². The number of rotatable bonds is 14. The first-order valence-corrected chi connectivity index (χ1v) is 35.2. The van der Waals surface area contributed by atoms with Gasteiger partial charge in [-0.15, -0.1) is 0 Å². The van der Waals surface area contributed by atoms with E-state index in [1.807, 2.05) is 12.3 Å². The predicted octanol–water partition coefficient (Wildman–Crippen LogP) is 25.7. The van der Waals surface area contributed by atoms with Crippen molar-refractivity contribution in [2.45, 2.75) is 158 Å². The van der Waals surface area contributed by atoms with Crippen molar-refractivity contribution < 1.29 is 0 Å².